The Kier molecular flexibility index (Phi) is 3.92. The molecule has 4 nitrogen and oxygen atoms in total. The molecule has 2 N–H and O–H groups in total. The largest absolute Gasteiger partial charge is 0.481 e. The number of nitrogens with one attached hydrogen (secondary N) is 1. The predicted molar refractivity (Wildman–Crippen MR) is 51.8 cm³/mol. The Bertz CT molecular complexity index is 223. The van der Waals surface area contributed by atoms with Crippen molar-refractivity contribution in [1.29, 1.82) is 0 Å². The second-order valence-corrected chi connectivity index (χ2v) is 3.84. The molecule has 1 fully saturated rings. The van der Waals surface area contributed by atoms with E-state index < -0.39 is 11.9 Å². The highest BCUT2D eigenvalue weighted by atomic mass is 16.4. The van der Waals surface area contributed by atoms with E-state index in [-0.39, 0.29) is 5.91 Å². The number of rotatable bonds is 5. The number of hydrogen-bond donors (Lipinski definition) is 2. The lowest BCUT2D eigenvalue weighted by Gasteiger charge is -2.25. The van der Waals surface area contributed by atoms with Gasteiger partial charge in [-0.05, 0) is 25.2 Å². The molecule has 1 rings (SSSR count). The summed E-state index contributed by atoms with van der Waals surface area (Å²) in [4.78, 5) is 22.0. The summed E-state index contributed by atoms with van der Waals surface area (Å²) in [5.41, 5.74) is 0. The van der Waals surface area contributed by atoms with Gasteiger partial charge in [-0.25, -0.2) is 0 Å². The van der Waals surface area contributed by atoms with Crippen molar-refractivity contribution >= 4 is 11.9 Å². The number of carbonyl (C=O) groups excluding carboxylic acids is 1. The summed E-state index contributed by atoms with van der Waals surface area (Å²) >= 11 is 0. The van der Waals surface area contributed by atoms with Gasteiger partial charge < -0.3 is 10.4 Å². The van der Waals surface area contributed by atoms with Crippen molar-refractivity contribution in [3.05, 3.63) is 0 Å². The molecule has 0 aromatic heterocycles. The topological polar surface area (TPSA) is 66.4 Å². The molecule has 1 atom stereocenters. The molecule has 4 heteroatoms. The molecule has 0 aromatic rings. The minimum Gasteiger partial charge on any atom is -0.481 e. The summed E-state index contributed by atoms with van der Waals surface area (Å²) < 4.78 is 0. The Morgan fingerprint density at radius 1 is 1.50 bits per heavy atom. The van der Waals surface area contributed by atoms with Gasteiger partial charge in [0.25, 0.3) is 0 Å². The third-order valence-corrected chi connectivity index (χ3v) is 2.81. The maximum absolute atomic E-state index is 11.4. The third kappa shape index (κ3) is 2.72. The molecule has 14 heavy (non-hydrogen) atoms. The van der Waals surface area contributed by atoms with Gasteiger partial charge in [0.05, 0.1) is 0 Å². The van der Waals surface area contributed by atoms with Crippen LogP contribution in [0.1, 0.15) is 32.6 Å². The molecule has 1 unspecified atom stereocenters. The average molecular weight is 199 g/mol. The quantitative estimate of drug-likeness (QED) is 0.649. The van der Waals surface area contributed by atoms with Gasteiger partial charge in [0.1, 0.15) is 5.92 Å². The number of amides is 1. The van der Waals surface area contributed by atoms with Crippen LogP contribution in [0, 0.1) is 11.8 Å². The van der Waals surface area contributed by atoms with Crippen molar-refractivity contribution < 1.29 is 14.7 Å². The number of carbonyl (C=O) groups is 2. The summed E-state index contributed by atoms with van der Waals surface area (Å²) in [6.07, 6.45) is 3.90. The van der Waals surface area contributed by atoms with Gasteiger partial charge in [-0.3, -0.25) is 9.59 Å². The predicted octanol–water partition coefficient (Wildman–Crippen LogP) is 1.01. The smallest absolute Gasteiger partial charge is 0.316 e. The molecule has 0 saturated heterocycles. The van der Waals surface area contributed by atoms with Gasteiger partial charge in [-0.1, -0.05) is 13.3 Å². The van der Waals surface area contributed by atoms with Gasteiger partial charge >= 0.3 is 5.97 Å². The second-order valence-electron chi connectivity index (χ2n) is 3.84. The SMILES string of the molecule is CCC(C(=O)O)C(=O)NCC1CCC1. The van der Waals surface area contributed by atoms with Crippen LogP contribution in [0.5, 0.6) is 0 Å². The first kappa shape index (κ1) is 11.0. The highest BCUT2D eigenvalue weighted by Crippen LogP contribution is 2.25. The lowest BCUT2D eigenvalue weighted by Crippen LogP contribution is -2.38. The van der Waals surface area contributed by atoms with Gasteiger partial charge in [-0.15, -0.1) is 0 Å². The standard InChI is InChI=1S/C10H17NO3/c1-2-8(10(13)14)9(12)11-6-7-4-3-5-7/h7-8H,2-6H2,1H3,(H,11,12)(H,13,14). The lowest BCUT2D eigenvalue weighted by atomic mass is 9.85. The number of carboxylic acids is 1. The van der Waals surface area contributed by atoms with E-state index in [0.29, 0.717) is 18.9 Å². The third-order valence-electron chi connectivity index (χ3n) is 2.81. The zero-order valence-electron chi connectivity index (χ0n) is 8.45. The van der Waals surface area contributed by atoms with Gasteiger partial charge in [0.2, 0.25) is 5.91 Å². The fraction of sp³-hybridized carbons (Fsp3) is 0.800. The fourth-order valence-corrected chi connectivity index (χ4v) is 1.54. The minimum absolute atomic E-state index is 0.341. The molecular weight excluding hydrogens is 182 g/mol. The van der Waals surface area contributed by atoms with E-state index >= 15 is 0 Å². The van der Waals surface area contributed by atoms with E-state index in [9.17, 15) is 9.59 Å². The molecule has 80 valence electrons. The maximum atomic E-state index is 11.4. The molecule has 0 radical (unpaired) electrons. The van der Waals surface area contributed by atoms with Gasteiger partial charge in [-0.2, -0.15) is 0 Å². The highest BCUT2D eigenvalue weighted by Gasteiger charge is 2.25. The summed E-state index contributed by atoms with van der Waals surface area (Å²) in [6, 6.07) is 0. The molecule has 1 saturated carbocycles. The van der Waals surface area contributed by atoms with Crippen LogP contribution in [-0.2, 0) is 9.59 Å². The van der Waals surface area contributed by atoms with Crippen molar-refractivity contribution in [1.82, 2.24) is 5.32 Å². The van der Waals surface area contributed by atoms with Crippen LogP contribution in [0.15, 0.2) is 0 Å². The molecule has 0 aromatic carbocycles. The summed E-state index contributed by atoms with van der Waals surface area (Å²) in [5.74, 6) is -1.68. The second kappa shape index (κ2) is 4.98. The normalized spacial score (nSPS) is 18.4. The van der Waals surface area contributed by atoms with Gasteiger partial charge in [0, 0.05) is 6.54 Å². The van der Waals surface area contributed by atoms with Crippen molar-refractivity contribution in [2.45, 2.75) is 32.6 Å². The molecule has 1 amide bonds. The molecule has 1 aliphatic rings. The fourth-order valence-electron chi connectivity index (χ4n) is 1.54. The van der Waals surface area contributed by atoms with Crippen LogP contribution in [0.3, 0.4) is 0 Å². The first-order chi connectivity index (χ1) is 6.65. The van der Waals surface area contributed by atoms with Crippen LogP contribution in [-0.4, -0.2) is 23.5 Å². The van der Waals surface area contributed by atoms with E-state index in [0.717, 1.165) is 12.8 Å². The van der Waals surface area contributed by atoms with Crippen LogP contribution in [0.4, 0.5) is 0 Å². The van der Waals surface area contributed by atoms with Crippen LogP contribution in [0.25, 0.3) is 0 Å². The average Bonchev–Trinajstić information content (AvgIpc) is 2.01. The monoisotopic (exact) mass is 199 g/mol. The Hall–Kier alpha value is -1.06. The van der Waals surface area contributed by atoms with E-state index in [1.54, 1.807) is 6.92 Å². The van der Waals surface area contributed by atoms with E-state index in [4.69, 9.17) is 5.11 Å². The molecular formula is C10H17NO3. The Balaban J connectivity index is 2.27. The van der Waals surface area contributed by atoms with Crippen molar-refractivity contribution in [2.24, 2.45) is 11.8 Å². The highest BCUT2D eigenvalue weighted by molar-refractivity contribution is 5.96. The van der Waals surface area contributed by atoms with Crippen molar-refractivity contribution in [3.8, 4) is 0 Å². The first-order valence-corrected chi connectivity index (χ1v) is 5.15. The molecule has 0 bridgehead atoms. The Morgan fingerprint density at radius 2 is 2.14 bits per heavy atom. The van der Waals surface area contributed by atoms with E-state index in [2.05, 4.69) is 5.32 Å². The maximum Gasteiger partial charge on any atom is 0.316 e. The summed E-state index contributed by atoms with van der Waals surface area (Å²) in [7, 11) is 0. The van der Waals surface area contributed by atoms with Crippen molar-refractivity contribution in [2.75, 3.05) is 6.54 Å². The number of hydrogen-bond acceptors (Lipinski definition) is 2. The van der Waals surface area contributed by atoms with E-state index in [1.807, 2.05) is 0 Å². The van der Waals surface area contributed by atoms with Crippen LogP contribution >= 0.6 is 0 Å². The Labute approximate surface area is 83.7 Å². The molecule has 0 aliphatic heterocycles. The van der Waals surface area contributed by atoms with Crippen LogP contribution < -0.4 is 5.32 Å². The van der Waals surface area contributed by atoms with Crippen molar-refractivity contribution in [3.63, 3.8) is 0 Å². The summed E-state index contributed by atoms with van der Waals surface area (Å²) in [5, 5.41) is 11.4. The minimum atomic E-state index is -1.03. The zero-order chi connectivity index (χ0) is 10.6. The number of carboxylic acid groups (broad SMARTS) is 1. The lowest BCUT2D eigenvalue weighted by molar-refractivity contribution is -0.147. The van der Waals surface area contributed by atoms with Gasteiger partial charge in [0.15, 0.2) is 0 Å². The first-order valence-electron chi connectivity index (χ1n) is 5.15. The number of aliphatic carboxylic acids is 1. The zero-order valence-corrected chi connectivity index (χ0v) is 8.45. The molecule has 1 aliphatic carbocycles. The Morgan fingerprint density at radius 3 is 2.50 bits per heavy atom. The molecule has 0 spiro atoms. The summed E-state index contributed by atoms with van der Waals surface area (Å²) in [6.45, 7) is 2.35. The van der Waals surface area contributed by atoms with Crippen LogP contribution in [0.2, 0.25) is 0 Å². The van der Waals surface area contributed by atoms with E-state index in [1.165, 1.54) is 6.42 Å². The molecule has 0 heterocycles.